The highest BCUT2D eigenvalue weighted by Crippen LogP contribution is 2.19. The highest BCUT2D eigenvalue weighted by Gasteiger charge is 2.39. The minimum absolute atomic E-state index is 0.867. The Morgan fingerprint density at radius 1 is 1.44 bits per heavy atom. The van der Waals surface area contributed by atoms with Gasteiger partial charge >= 0.3 is 0 Å². The Balaban J connectivity index is 2.77. The van der Waals surface area contributed by atoms with Crippen molar-refractivity contribution in [3.05, 3.63) is 0 Å². The van der Waals surface area contributed by atoms with Crippen molar-refractivity contribution in [1.29, 1.82) is 0 Å². The van der Waals surface area contributed by atoms with Gasteiger partial charge in [-0.1, -0.05) is 0 Å². The predicted molar refractivity (Wildman–Crippen MR) is 24.7 cm³/mol. The minimum Gasteiger partial charge on any atom is -0.240 e. The molecular formula is C3H4F2O3S. The highest BCUT2D eigenvalue weighted by atomic mass is 32.2. The van der Waals surface area contributed by atoms with Gasteiger partial charge < -0.3 is 0 Å². The molecule has 1 fully saturated rings. The van der Waals surface area contributed by atoms with Crippen molar-refractivity contribution in [2.45, 2.75) is 12.5 Å². The lowest BCUT2D eigenvalue weighted by Crippen LogP contribution is -2.11. The molecule has 9 heavy (non-hydrogen) atoms. The van der Waals surface area contributed by atoms with Crippen molar-refractivity contribution in [3.8, 4) is 0 Å². The molecule has 0 bridgehead atoms. The maximum atomic E-state index is 11.9. The van der Waals surface area contributed by atoms with E-state index in [9.17, 15) is 17.2 Å². The molecule has 54 valence electrons. The summed E-state index contributed by atoms with van der Waals surface area (Å²) in [6, 6.07) is 0. The van der Waals surface area contributed by atoms with Gasteiger partial charge in [0, 0.05) is 0 Å². The lowest BCUT2D eigenvalue weighted by Gasteiger charge is -1.93. The quantitative estimate of drug-likeness (QED) is 0.465. The second-order valence-electron chi connectivity index (χ2n) is 1.69. The third-order valence-corrected chi connectivity index (χ3v) is 2.09. The molecule has 2 unspecified atom stereocenters. The first-order chi connectivity index (χ1) is 4.01. The summed E-state index contributed by atoms with van der Waals surface area (Å²) in [4.78, 5) is 0. The third kappa shape index (κ3) is 1.36. The van der Waals surface area contributed by atoms with Crippen LogP contribution in [0.3, 0.4) is 0 Å². The summed E-state index contributed by atoms with van der Waals surface area (Å²) in [6.07, 6.45) is -4.31. The first-order valence-corrected chi connectivity index (χ1v) is 3.78. The van der Waals surface area contributed by atoms with Gasteiger partial charge in [0.15, 0.2) is 6.17 Å². The largest absolute Gasteiger partial charge is 0.273 e. The SMILES string of the molecule is O=S1(=O)CC(F)C(F)O1. The van der Waals surface area contributed by atoms with Crippen LogP contribution in [0.1, 0.15) is 0 Å². The van der Waals surface area contributed by atoms with E-state index in [0.717, 1.165) is 0 Å². The molecule has 0 aromatic heterocycles. The van der Waals surface area contributed by atoms with Crippen LogP contribution in [0, 0.1) is 0 Å². The van der Waals surface area contributed by atoms with Gasteiger partial charge in [0.1, 0.15) is 5.75 Å². The Labute approximate surface area is 50.7 Å². The molecule has 1 aliphatic heterocycles. The van der Waals surface area contributed by atoms with Crippen molar-refractivity contribution in [3.63, 3.8) is 0 Å². The molecular weight excluding hydrogens is 154 g/mol. The monoisotopic (exact) mass is 158 g/mol. The summed E-state index contributed by atoms with van der Waals surface area (Å²) >= 11 is 0. The fraction of sp³-hybridized carbons (Fsp3) is 1.00. The van der Waals surface area contributed by atoms with Gasteiger partial charge in [-0.3, -0.25) is 0 Å². The van der Waals surface area contributed by atoms with Crippen molar-refractivity contribution >= 4 is 10.1 Å². The smallest absolute Gasteiger partial charge is 0.240 e. The summed E-state index contributed by atoms with van der Waals surface area (Å²) < 4.78 is 47.7. The third-order valence-electron chi connectivity index (χ3n) is 0.886. The maximum absolute atomic E-state index is 11.9. The molecule has 0 spiro atoms. The zero-order chi connectivity index (χ0) is 7.07. The van der Waals surface area contributed by atoms with Crippen LogP contribution in [0.2, 0.25) is 0 Å². The fourth-order valence-corrected chi connectivity index (χ4v) is 1.53. The highest BCUT2D eigenvalue weighted by molar-refractivity contribution is 7.87. The van der Waals surface area contributed by atoms with Crippen LogP contribution in [-0.2, 0) is 14.3 Å². The number of halogens is 2. The Kier molecular flexibility index (Phi) is 1.44. The Morgan fingerprint density at radius 3 is 2.11 bits per heavy atom. The summed E-state index contributed by atoms with van der Waals surface area (Å²) in [7, 11) is -3.89. The Hall–Kier alpha value is -0.230. The van der Waals surface area contributed by atoms with Gasteiger partial charge in [0.2, 0.25) is 6.36 Å². The van der Waals surface area contributed by atoms with E-state index in [2.05, 4.69) is 4.18 Å². The van der Waals surface area contributed by atoms with Crippen LogP contribution in [0.15, 0.2) is 0 Å². The van der Waals surface area contributed by atoms with Crippen LogP contribution in [-0.4, -0.2) is 26.7 Å². The van der Waals surface area contributed by atoms with Crippen molar-refractivity contribution < 1.29 is 21.4 Å². The van der Waals surface area contributed by atoms with Crippen LogP contribution >= 0.6 is 0 Å². The predicted octanol–water partition coefficient (Wildman–Crippen LogP) is -0.0199. The number of hydrogen-bond acceptors (Lipinski definition) is 3. The van der Waals surface area contributed by atoms with Crippen LogP contribution in [0.4, 0.5) is 8.78 Å². The first kappa shape index (κ1) is 6.88. The number of rotatable bonds is 0. The average Bonchev–Trinajstić information content (AvgIpc) is 1.79. The Bertz CT molecular complexity index is 183. The zero-order valence-electron chi connectivity index (χ0n) is 4.25. The van der Waals surface area contributed by atoms with Crippen molar-refractivity contribution in [2.75, 3.05) is 5.75 Å². The molecule has 0 radical (unpaired) electrons. The van der Waals surface area contributed by atoms with Gasteiger partial charge in [-0.05, 0) is 0 Å². The lowest BCUT2D eigenvalue weighted by molar-refractivity contribution is 0.0338. The molecule has 2 atom stereocenters. The van der Waals surface area contributed by atoms with E-state index in [1.807, 2.05) is 0 Å². The molecule has 1 heterocycles. The summed E-state index contributed by atoms with van der Waals surface area (Å²) in [5, 5.41) is 0. The van der Waals surface area contributed by atoms with Gasteiger partial charge in [0.25, 0.3) is 10.1 Å². The van der Waals surface area contributed by atoms with Crippen molar-refractivity contribution in [1.82, 2.24) is 0 Å². The maximum Gasteiger partial charge on any atom is 0.273 e. The molecule has 1 saturated heterocycles. The molecule has 1 rings (SSSR count). The molecule has 3 nitrogen and oxygen atoms in total. The van der Waals surface area contributed by atoms with Gasteiger partial charge in [-0.2, -0.15) is 8.42 Å². The standard InChI is InChI=1S/C3H4F2O3S/c4-2-1-9(6,7)8-3(2)5/h2-3H,1H2. The second-order valence-corrected chi connectivity index (χ2v) is 3.33. The van der Waals surface area contributed by atoms with Gasteiger partial charge in [0.05, 0.1) is 0 Å². The summed E-state index contributed by atoms with van der Waals surface area (Å²) in [5.74, 6) is -0.867. The zero-order valence-corrected chi connectivity index (χ0v) is 5.07. The summed E-state index contributed by atoms with van der Waals surface area (Å²) in [5.41, 5.74) is 0. The lowest BCUT2D eigenvalue weighted by atomic mass is 10.5. The minimum atomic E-state index is -3.89. The first-order valence-electron chi connectivity index (χ1n) is 2.20. The van der Waals surface area contributed by atoms with E-state index in [1.165, 1.54) is 0 Å². The topological polar surface area (TPSA) is 43.4 Å². The molecule has 6 heteroatoms. The molecule has 0 amide bonds. The molecule has 0 aromatic carbocycles. The van der Waals surface area contributed by atoms with Gasteiger partial charge in [-0.25, -0.2) is 13.0 Å². The van der Waals surface area contributed by atoms with Crippen LogP contribution in [0.5, 0.6) is 0 Å². The fourth-order valence-electron chi connectivity index (χ4n) is 0.510. The molecule has 0 saturated carbocycles. The number of hydrogen-bond donors (Lipinski definition) is 0. The number of alkyl halides is 2. The molecule has 0 aliphatic carbocycles. The van der Waals surface area contributed by atoms with E-state index >= 15 is 0 Å². The molecule has 0 aromatic rings. The second kappa shape index (κ2) is 1.88. The van der Waals surface area contributed by atoms with Gasteiger partial charge in [-0.15, -0.1) is 0 Å². The van der Waals surface area contributed by atoms with E-state index in [1.54, 1.807) is 0 Å². The van der Waals surface area contributed by atoms with E-state index < -0.39 is 28.4 Å². The van der Waals surface area contributed by atoms with E-state index in [0.29, 0.717) is 0 Å². The van der Waals surface area contributed by atoms with E-state index in [4.69, 9.17) is 0 Å². The molecule has 0 N–H and O–H groups in total. The molecule has 1 aliphatic rings. The Morgan fingerprint density at radius 2 is 2.00 bits per heavy atom. The van der Waals surface area contributed by atoms with E-state index in [-0.39, 0.29) is 0 Å². The summed E-state index contributed by atoms with van der Waals surface area (Å²) in [6.45, 7) is 0. The average molecular weight is 158 g/mol. The van der Waals surface area contributed by atoms with Crippen LogP contribution < -0.4 is 0 Å². The van der Waals surface area contributed by atoms with Crippen LogP contribution in [0.25, 0.3) is 0 Å². The van der Waals surface area contributed by atoms with Crippen molar-refractivity contribution in [2.24, 2.45) is 0 Å². The normalized spacial score (nSPS) is 41.1.